The Morgan fingerprint density at radius 3 is 2.53 bits per heavy atom. The van der Waals surface area contributed by atoms with E-state index in [1.54, 1.807) is 24.9 Å². The average Bonchev–Trinajstić information content (AvgIpc) is 2.79. The third-order valence-corrected chi connectivity index (χ3v) is 3.59. The minimum atomic E-state index is -0.239. The quantitative estimate of drug-likeness (QED) is 0.924. The standard InChI is InChI=1S/C12H16ClN5O/c1-7-10(13)11(18(4)16-7)12(19)14-5-9-6-15-17(3)8(9)2/h6H,5H2,1-4H3,(H,14,19). The second-order valence-electron chi connectivity index (χ2n) is 4.43. The Bertz CT molecular complexity index is 628. The fourth-order valence-corrected chi connectivity index (χ4v) is 2.10. The molecule has 2 rings (SSSR count). The summed E-state index contributed by atoms with van der Waals surface area (Å²) in [6.45, 7) is 4.14. The summed E-state index contributed by atoms with van der Waals surface area (Å²) < 4.78 is 3.26. The zero-order chi connectivity index (χ0) is 14.2. The highest BCUT2D eigenvalue weighted by molar-refractivity contribution is 6.34. The van der Waals surface area contributed by atoms with E-state index >= 15 is 0 Å². The molecular formula is C12H16ClN5O. The van der Waals surface area contributed by atoms with Crippen LogP contribution in [0.5, 0.6) is 0 Å². The minimum absolute atomic E-state index is 0.239. The van der Waals surface area contributed by atoms with Gasteiger partial charge in [0.15, 0.2) is 0 Å². The lowest BCUT2D eigenvalue weighted by Gasteiger charge is -2.05. The van der Waals surface area contributed by atoms with E-state index in [9.17, 15) is 4.79 Å². The molecule has 0 atom stereocenters. The van der Waals surface area contributed by atoms with Gasteiger partial charge in [0.2, 0.25) is 0 Å². The minimum Gasteiger partial charge on any atom is -0.346 e. The lowest BCUT2D eigenvalue weighted by molar-refractivity contribution is 0.0941. The number of aromatic nitrogens is 4. The topological polar surface area (TPSA) is 64.7 Å². The second kappa shape index (κ2) is 5.05. The van der Waals surface area contributed by atoms with Gasteiger partial charge in [-0.05, 0) is 13.8 Å². The van der Waals surface area contributed by atoms with Crippen molar-refractivity contribution in [3.05, 3.63) is 33.9 Å². The number of aryl methyl sites for hydroxylation is 3. The molecule has 7 heteroatoms. The van der Waals surface area contributed by atoms with Crippen LogP contribution in [0, 0.1) is 13.8 Å². The molecule has 102 valence electrons. The lowest BCUT2D eigenvalue weighted by Crippen LogP contribution is -2.25. The van der Waals surface area contributed by atoms with Crippen LogP contribution in [0.4, 0.5) is 0 Å². The summed E-state index contributed by atoms with van der Waals surface area (Å²) >= 11 is 6.07. The maximum Gasteiger partial charge on any atom is 0.271 e. The third kappa shape index (κ3) is 2.49. The molecule has 1 amide bonds. The van der Waals surface area contributed by atoms with Crippen LogP contribution in [-0.4, -0.2) is 25.5 Å². The summed E-state index contributed by atoms with van der Waals surface area (Å²) in [5.41, 5.74) is 3.02. The number of carbonyl (C=O) groups is 1. The van der Waals surface area contributed by atoms with Gasteiger partial charge in [-0.15, -0.1) is 0 Å². The van der Waals surface area contributed by atoms with Gasteiger partial charge < -0.3 is 5.32 Å². The van der Waals surface area contributed by atoms with E-state index in [0.29, 0.717) is 23.0 Å². The number of amides is 1. The molecule has 1 N–H and O–H groups in total. The van der Waals surface area contributed by atoms with Crippen LogP contribution in [0.25, 0.3) is 0 Å². The fourth-order valence-electron chi connectivity index (χ4n) is 1.86. The van der Waals surface area contributed by atoms with Gasteiger partial charge in [-0.2, -0.15) is 10.2 Å². The van der Waals surface area contributed by atoms with Gasteiger partial charge in [0, 0.05) is 31.9 Å². The Balaban J connectivity index is 2.12. The Morgan fingerprint density at radius 1 is 1.37 bits per heavy atom. The van der Waals surface area contributed by atoms with Gasteiger partial charge in [-0.25, -0.2) is 0 Å². The van der Waals surface area contributed by atoms with Crippen molar-refractivity contribution < 1.29 is 4.79 Å². The van der Waals surface area contributed by atoms with E-state index < -0.39 is 0 Å². The zero-order valence-corrected chi connectivity index (χ0v) is 12.1. The number of nitrogens with one attached hydrogen (secondary N) is 1. The van der Waals surface area contributed by atoms with E-state index in [4.69, 9.17) is 11.6 Å². The number of hydrogen-bond acceptors (Lipinski definition) is 3. The van der Waals surface area contributed by atoms with E-state index in [1.807, 2.05) is 14.0 Å². The number of nitrogens with zero attached hydrogens (tertiary/aromatic N) is 4. The van der Waals surface area contributed by atoms with Crippen molar-refractivity contribution in [3.63, 3.8) is 0 Å². The molecule has 19 heavy (non-hydrogen) atoms. The van der Waals surface area contributed by atoms with Crippen molar-refractivity contribution in [2.45, 2.75) is 20.4 Å². The summed E-state index contributed by atoms with van der Waals surface area (Å²) in [6.07, 6.45) is 1.74. The molecule has 0 saturated heterocycles. The summed E-state index contributed by atoms with van der Waals surface area (Å²) in [5, 5.41) is 11.5. The molecule has 0 aliphatic rings. The van der Waals surface area contributed by atoms with E-state index in [0.717, 1.165) is 11.3 Å². The first-order valence-corrected chi connectivity index (χ1v) is 6.24. The van der Waals surface area contributed by atoms with Gasteiger partial charge in [0.1, 0.15) is 5.69 Å². The zero-order valence-electron chi connectivity index (χ0n) is 11.4. The Hall–Kier alpha value is -1.82. The first kappa shape index (κ1) is 13.6. The smallest absolute Gasteiger partial charge is 0.271 e. The van der Waals surface area contributed by atoms with Crippen molar-refractivity contribution in [2.24, 2.45) is 14.1 Å². The van der Waals surface area contributed by atoms with E-state index in [-0.39, 0.29) is 5.91 Å². The first-order chi connectivity index (χ1) is 8.91. The number of carbonyl (C=O) groups excluding carboxylic acids is 1. The Kier molecular flexibility index (Phi) is 3.61. The monoisotopic (exact) mass is 281 g/mol. The van der Waals surface area contributed by atoms with Crippen molar-refractivity contribution in [3.8, 4) is 0 Å². The molecule has 2 heterocycles. The van der Waals surface area contributed by atoms with Crippen molar-refractivity contribution in [2.75, 3.05) is 0 Å². The molecule has 0 aromatic carbocycles. The number of halogens is 1. The number of rotatable bonds is 3. The van der Waals surface area contributed by atoms with Crippen LogP contribution in [0.15, 0.2) is 6.20 Å². The second-order valence-corrected chi connectivity index (χ2v) is 4.81. The van der Waals surface area contributed by atoms with Crippen molar-refractivity contribution >= 4 is 17.5 Å². The highest BCUT2D eigenvalue weighted by Crippen LogP contribution is 2.19. The molecule has 2 aromatic heterocycles. The van der Waals surface area contributed by atoms with Gasteiger partial charge >= 0.3 is 0 Å². The largest absolute Gasteiger partial charge is 0.346 e. The molecule has 0 aliphatic heterocycles. The lowest BCUT2D eigenvalue weighted by atomic mass is 10.2. The van der Waals surface area contributed by atoms with Gasteiger partial charge in [-0.1, -0.05) is 11.6 Å². The first-order valence-electron chi connectivity index (χ1n) is 5.86. The maximum atomic E-state index is 12.1. The number of hydrogen-bond donors (Lipinski definition) is 1. The van der Waals surface area contributed by atoms with E-state index in [1.165, 1.54) is 4.68 Å². The third-order valence-electron chi connectivity index (χ3n) is 3.14. The maximum absolute atomic E-state index is 12.1. The normalized spacial score (nSPS) is 10.8. The van der Waals surface area contributed by atoms with Crippen molar-refractivity contribution in [1.82, 2.24) is 24.9 Å². The van der Waals surface area contributed by atoms with Crippen LogP contribution in [-0.2, 0) is 20.6 Å². The van der Waals surface area contributed by atoms with Crippen molar-refractivity contribution in [1.29, 1.82) is 0 Å². The Labute approximate surface area is 116 Å². The molecule has 0 spiro atoms. The predicted molar refractivity (Wildman–Crippen MR) is 72.1 cm³/mol. The molecule has 0 radical (unpaired) electrons. The van der Waals surface area contributed by atoms with Crippen LogP contribution in [0.1, 0.15) is 27.4 Å². The van der Waals surface area contributed by atoms with Crippen LogP contribution >= 0.6 is 11.6 Å². The van der Waals surface area contributed by atoms with Crippen LogP contribution in [0.3, 0.4) is 0 Å². The van der Waals surface area contributed by atoms with Gasteiger partial charge in [-0.3, -0.25) is 14.2 Å². The summed E-state index contributed by atoms with van der Waals surface area (Å²) in [5.74, 6) is -0.239. The van der Waals surface area contributed by atoms with Gasteiger partial charge in [0.25, 0.3) is 5.91 Å². The molecule has 6 nitrogen and oxygen atoms in total. The Morgan fingerprint density at radius 2 is 2.05 bits per heavy atom. The summed E-state index contributed by atoms with van der Waals surface area (Å²) in [6, 6.07) is 0. The summed E-state index contributed by atoms with van der Waals surface area (Å²) in [4.78, 5) is 12.1. The molecule has 2 aromatic rings. The molecule has 0 bridgehead atoms. The van der Waals surface area contributed by atoms with Gasteiger partial charge in [0.05, 0.1) is 16.9 Å². The SMILES string of the molecule is Cc1nn(C)c(C(=O)NCc2cnn(C)c2C)c1Cl. The highest BCUT2D eigenvalue weighted by Gasteiger charge is 2.18. The molecule has 0 fully saturated rings. The average molecular weight is 282 g/mol. The molecule has 0 aliphatic carbocycles. The highest BCUT2D eigenvalue weighted by atomic mass is 35.5. The molecule has 0 unspecified atom stereocenters. The summed E-state index contributed by atoms with van der Waals surface area (Å²) in [7, 11) is 3.56. The predicted octanol–water partition coefficient (Wildman–Crippen LogP) is 1.35. The van der Waals surface area contributed by atoms with E-state index in [2.05, 4.69) is 15.5 Å². The van der Waals surface area contributed by atoms with Crippen LogP contribution < -0.4 is 5.32 Å². The fraction of sp³-hybridized carbons (Fsp3) is 0.417. The molecular weight excluding hydrogens is 266 g/mol. The van der Waals surface area contributed by atoms with Crippen LogP contribution in [0.2, 0.25) is 5.02 Å². The molecule has 0 saturated carbocycles.